The van der Waals surface area contributed by atoms with Crippen LogP contribution in [-0.2, 0) is 0 Å². The summed E-state index contributed by atoms with van der Waals surface area (Å²) < 4.78 is 32.2. The molecule has 0 aromatic heterocycles. The van der Waals surface area contributed by atoms with E-state index in [1.807, 2.05) is 6.92 Å². The maximum atomic E-state index is 13.8. The van der Waals surface area contributed by atoms with Crippen LogP contribution in [0.5, 0.6) is 5.75 Å². The van der Waals surface area contributed by atoms with Gasteiger partial charge in [0.25, 0.3) is 0 Å². The van der Waals surface area contributed by atoms with Crippen LogP contribution >= 0.6 is 0 Å². The van der Waals surface area contributed by atoms with Gasteiger partial charge >= 0.3 is 0 Å². The van der Waals surface area contributed by atoms with Gasteiger partial charge in [0.05, 0.1) is 12.8 Å². The fourth-order valence-corrected chi connectivity index (χ4v) is 1.83. The van der Waals surface area contributed by atoms with Crippen molar-refractivity contribution in [1.82, 2.24) is 0 Å². The lowest BCUT2D eigenvalue weighted by Gasteiger charge is -2.09. The summed E-state index contributed by atoms with van der Waals surface area (Å²) in [5, 5.41) is 0. The first kappa shape index (κ1) is 12.4. The Labute approximate surface area is 104 Å². The molecule has 0 aliphatic heterocycles. The van der Waals surface area contributed by atoms with Crippen LogP contribution in [0.4, 0.5) is 14.5 Å². The number of hydrogen-bond donors (Lipinski definition) is 1. The monoisotopic (exact) mass is 249 g/mol. The molecule has 0 amide bonds. The number of nitrogens with two attached hydrogens (primary N) is 1. The largest absolute Gasteiger partial charge is 0.496 e. The average molecular weight is 249 g/mol. The zero-order valence-electron chi connectivity index (χ0n) is 10.1. The molecule has 0 spiro atoms. The van der Waals surface area contributed by atoms with E-state index in [0.29, 0.717) is 11.3 Å². The zero-order valence-corrected chi connectivity index (χ0v) is 10.1. The number of ether oxygens (including phenoxy) is 1. The van der Waals surface area contributed by atoms with Crippen LogP contribution in [-0.4, -0.2) is 7.11 Å². The third-order valence-corrected chi connectivity index (χ3v) is 2.79. The highest BCUT2D eigenvalue weighted by atomic mass is 19.1. The minimum atomic E-state index is -0.625. The number of nitrogen functional groups attached to an aromatic ring is 1. The molecule has 94 valence electrons. The van der Waals surface area contributed by atoms with Crippen molar-refractivity contribution in [3.05, 3.63) is 47.5 Å². The molecular weight excluding hydrogens is 236 g/mol. The summed E-state index contributed by atoms with van der Waals surface area (Å²) in [5.41, 5.74) is 6.74. The fourth-order valence-electron chi connectivity index (χ4n) is 1.83. The zero-order chi connectivity index (χ0) is 13.3. The van der Waals surface area contributed by atoms with Crippen molar-refractivity contribution in [2.45, 2.75) is 6.92 Å². The lowest BCUT2D eigenvalue weighted by molar-refractivity contribution is 0.412. The van der Waals surface area contributed by atoms with Crippen LogP contribution in [0.3, 0.4) is 0 Å². The fraction of sp³-hybridized carbons (Fsp3) is 0.143. The Morgan fingerprint density at radius 3 is 2.39 bits per heavy atom. The van der Waals surface area contributed by atoms with Gasteiger partial charge in [-0.15, -0.1) is 0 Å². The molecule has 0 radical (unpaired) electrons. The highest BCUT2D eigenvalue weighted by Crippen LogP contribution is 2.30. The normalized spacial score (nSPS) is 10.4. The summed E-state index contributed by atoms with van der Waals surface area (Å²) in [6.07, 6.45) is 0. The lowest BCUT2D eigenvalue weighted by atomic mass is 10.0. The number of methoxy groups -OCH3 is 1. The number of benzene rings is 2. The highest BCUT2D eigenvalue weighted by Gasteiger charge is 2.11. The molecule has 2 nitrogen and oxygen atoms in total. The summed E-state index contributed by atoms with van der Waals surface area (Å²) >= 11 is 0. The van der Waals surface area contributed by atoms with Crippen LogP contribution in [0, 0.1) is 18.6 Å². The van der Waals surface area contributed by atoms with E-state index < -0.39 is 11.6 Å². The molecule has 0 saturated heterocycles. The third-order valence-electron chi connectivity index (χ3n) is 2.79. The second kappa shape index (κ2) is 4.64. The van der Waals surface area contributed by atoms with Gasteiger partial charge in [0, 0.05) is 11.6 Å². The van der Waals surface area contributed by atoms with Crippen molar-refractivity contribution in [2.24, 2.45) is 0 Å². The molecule has 2 N–H and O–H groups in total. The summed E-state index contributed by atoms with van der Waals surface area (Å²) in [6, 6.07) is 7.24. The molecule has 0 bridgehead atoms. The molecule has 2 rings (SSSR count). The van der Waals surface area contributed by atoms with E-state index in [0.717, 1.165) is 17.7 Å². The summed E-state index contributed by atoms with van der Waals surface area (Å²) in [6.45, 7) is 1.84. The first-order valence-electron chi connectivity index (χ1n) is 5.42. The van der Waals surface area contributed by atoms with Gasteiger partial charge in [0.1, 0.15) is 17.4 Å². The van der Waals surface area contributed by atoms with Gasteiger partial charge in [-0.1, -0.05) is 6.07 Å². The van der Waals surface area contributed by atoms with E-state index in [1.54, 1.807) is 25.3 Å². The van der Waals surface area contributed by atoms with E-state index in [1.165, 1.54) is 0 Å². The Kier molecular flexibility index (Phi) is 3.19. The van der Waals surface area contributed by atoms with E-state index in [4.69, 9.17) is 10.5 Å². The van der Waals surface area contributed by atoms with E-state index in [-0.39, 0.29) is 11.3 Å². The molecule has 4 heteroatoms. The number of halogens is 2. The van der Waals surface area contributed by atoms with E-state index in [9.17, 15) is 8.78 Å². The molecule has 0 fully saturated rings. The van der Waals surface area contributed by atoms with E-state index in [2.05, 4.69) is 0 Å². The van der Waals surface area contributed by atoms with Crippen molar-refractivity contribution >= 4 is 5.69 Å². The molecule has 0 unspecified atom stereocenters. The van der Waals surface area contributed by atoms with Gasteiger partial charge in [0.15, 0.2) is 0 Å². The number of anilines is 1. The lowest BCUT2D eigenvalue weighted by Crippen LogP contribution is -1.95. The van der Waals surface area contributed by atoms with Crippen molar-refractivity contribution < 1.29 is 13.5 Å². The van der Waals surface area contributed by atoms with Crippen molar-refractivity contribution in [1.29, 1.82) is 0 Å². The van der Waals surface area contributed by atoms with E-state index >= 15 is 0 Å². The van der Waals surface area contributed by atoms with Crippen molar-refractivity contribution in [3.63, 3.8) is 0 Å². The molecular formula is C14H13F2NO. The maximum Gasteiger partial charge on any atom is 0.146 e. The number of aryl methyl sites for hydroxylation is 1. The summed E-state index contributed by atoms with van der Waals surface area (Å²) in [7, 11) is 1.56. The molecule has 0 aliphatic carbocycles. The Morgan fingerprint density at radius 2 is 1.78 bits per heavy atom. The molecule has 0 heterocycles. The Hall–Kier alpha value is -2.10. The quantitative estimate of drug-likeness (QED) is 0.826. The average Bonchev–Trinajstić information content (AvgIpc) is 2.33. The maximum absolute atomic E-state index is 13.8. The third kappa shape index (κ3) is 2.14. The van der Waals surface area contributed by atoms with Crippen LogP contribution < -0.4 is 10.5 Å². The minimum absolute atomic E-state index is 0.187. The first-order valence-corrected chi connectivity index (χ1v) is 5.42. The van der Waals surface area contributed by atoms with Gasteiger partial charge < -0.3 is 10.5 Å². The van der Waals surface area contributed by atoms with Gasteiger partial charge in [-0.25, -0.2) is 8.78 Å². The van der Waals surface area contributed by atoms with Crippen LogP contribution in [0.25, 0.3) is 11.1 Å². The predicted octanol–water partition coefficient (Wildman–Crippen LogP) is 3.53. The first-order chi connectivity index (χ1) is 8.52. The van der Waals surface area contributed by atoms with Gasteiger partial charge in [-0.05, 0) is 36.2 Å². The number of hydrogen-bond acceptors (Lipinski definition) is 2. The smallest absolute Gasteiger partial charge is 0.146 e. The Morgan fingerprint density at radius 1 is 1.06 bits per heavy atom. The van der Waals surface area contributed by atoms with Crippen molar-refractivity contribution in [3.8, 4) is 16.9 Å². The molecule has 2 aromatic carbocycles. The van der Waals surface area contributed by atoms with Crippen LogP contribution in [0.1, 0.15) is 5.56 Å². The van der Waals surface area contributed by atoms with Crippen LogP contribution in [0.2, 0.25) is 0 Å². The molecule has 0 saturated carbocycles. The van der Waals surface area contributed by atoms with Gasteiger partial charge in [-0.3, -0.25) is 0 Å². The second-order valence-corrected chi connectivity index (χ2v) is 4.04. The van der Waals surface area contributed by atoms with Crippen LogP contribution in [0.15, 0.2) is 30.3 Å². The standard InChI is InChI=1S/C14H13F2NO/c1-8-5-9(3-4-14(8)18-2)10-6-12(16)13(17)7-11(10)15/h3-7H,17H2,1-2H3. The predicted molar refractivity (Wildman–Crippen MR) is 67.5 cm³/mol. The summed E-state index contributed by atoms with van der Waals surface area (Å²) in [4.78, 5) is 0. The Balaban J connectivity index is 2.55. The minimum Gasteiger partial charge on any atom is -0.496 e. The number of rotatable bonds is 2. The Bertz CT molecular complexity index is 597. The molecule has 2 aromatic rings. The molecule has 0 aliphatic rings. The van der Waals surface area contributed by atoms with Gasteiger partial charge in [-0.2, -0.15) is 0 Å². The van der Waals surface area contributed by atoms with Crippen molar-refractivity contribution in [2.75, 3.05) is 12.8 Å². The second-order valence-electron chi connectivity index (χ2n) is 4.04. The molecule has 0 atom stereocenters. The SMILES string of the molecule is COc1ccc(-c2cc(F)c(N)cc2F)cc1C. The summed E-state index contributed by atoms with van der Waals surface area (Å²) in [5.74, 6) is -0.464. The topological polar surface area (TPSA) is 35.2 Å². The highest BCUT2D eigenvalue weighted by molar-refractivity contribution is 5.68. The molecule has 18 heavy (non-hydrogen) atoms. The van der Waals surface area contributed by atoms with Gasteiger partial charge in [0.2, 0.25) is 0 Å².